The highest BCUT2D eigenvalue weighted by Crippen LogP contribution is 2.11. The van der Waals surface area contributed by atoms with Crippen LogP contribution in [0.1, 0.15) is 6.92 Å². The second-order valence-electron chi connectivity index (χ2n) is 3.22. The fraction of sp³-hybridized carbons (Fsp3) is 0.231. The van der Waals surface area contributed by atoms with Gasteiger partial charge < -0.3 is 4.90 Å². The molecule has 0 saturated heterocycles. The van der Waals surface area contributed by atoms with Crippen LogP contribution in [0.5, 0.6) is 0 Å². The smallest absolute Gasteiger partial charge is 0.00556 e. The van der Waals surface area contributed by atoms with Crippen LogP contribution in [0.2, 0.25) is 0 Å². The highest BCUT2D eigenvalue weighted by molar-refractivity contribution is 5.41. The summed E-state index contributed by atoms with van der Waals surface area (Å²) in [6.45, 7) is 9.42. The normalized spacial score (nSPS) is 13.1. The van der Waals surface area contributed by atoms with Crippen LogP contribution in [-0.2, 0) is 0 Å². The molecule has 0 aromatic heterocycles. The van der Waals surface area contributed by atoms with Gasteiger partial charge in [-0.2, -0.15) is 0 Å². The summed E-state index contributed by atoms with van der Waals surface area (Å²) in [5, 5.41) is 0. The molecule has 0 spiro atoms. The van der Waals surface area contributed by atoms with E-state index in [-0.39, 0.29) is 0 Å². The average Bonchev–Trinajstić information content (AvgIpc) is 2.12. The van der Waals surface area contributed by atoms with Crippen LogP contribution in [0.15, 0.2) is 60.9 Å². The molecule has 0 rings (SSSR count). The second kappa shape index (κ2) is 6.96. The van der Waals surface area contributed by atoms with E-state index in [0.717, 1.165) is 5.57 Å². The van der Waals surface area contributed by atoms with Gasteiger partial charge in [0.05, 0.1) is 0 Å². The van der Waals surface area contributed by atoms with E-state index in [1.165, 1.54) is 5.57 Å². The Kier molecular flexibility index (Phi) is 6.21. The molecule has 1 heteroatoms. The third-order valence-corrected chi connectivity index (χ3v) is 1.67. The summed E-state index contributed by atoms with van der Waals surface area (Å²) in [7, 11) is 3.99. The van der Waals surface area contributed by atoms with Gasteiger partial charge >= 0.3 is 0 Å². The van der Waals surface area contributed by atoms with Crippen LogP contribution in [0, 0.1) is 0 Å². The summed E-state index contributed by atoms with van der Waals surface area (Å²) in [6.07, 6.45) is 11.6. The zero-order valence-corrected chi connectivity index (χ0v) is 9.33. The summed E-state index contributed by atoms with van der Waals surface area (Å²) < 4.78 is 0. The SMILES string of the molecule is C=C\C=C(C)/C(/C=C\N(C)C)=C\C=C. The third kappa shape index (κ3) is 5.20. The molecule has 0 bridgehead atoms. The van der Waals surface area contributed by atoms with Gasteiger partial charge in [-0.1, -0.05) is 37.5 Å². The Bertz CT molecular complexity index is 278. The second-order valence-corrected chi connectivity index (χ2v) is 3.22. The largest absolute Gasteiger partial charge is 0.383 e. The Hall–Kier alpha value is -1.50. The lowest BCUT2D eigenvalue weighted by Gasteiger charge is -2.05. The van der Waals surface area contributed by atoms with Crippen molar-refractivity contribution in [2.75, 3.05) is 14.1 Å². The lowest BCUT2D eigenvalue weighted by molar-refractivity contribution is 0.563. The van der Waals surface area contributed by atoms with Crippen LogP contribution in [0.3, 0.4) is 0 Å². The molecule has 0 aliphatic rings. The Morgan fingerprint density at radius 2 is 1.64 bits per heavy atom. The molecule has 0 aliphatic heterocycles. The topological polar surface area (TPSA) is 3.24 Å². The van der Waals surface area contributed by atoms with Crippen molar-refractivity contribution in [3.8, 4) is 0 Å². The van der Waals surface area contributed by atoms with Gasteiger partial charge in [-0.25, -0.2) is 0 Å². The highest BCUT2D eigenvalue weighted by atomic mass is 15.0. The first kappa shape index (κ1) is 12.5. The average molecular weight is 189 g/mol. The van der Waals surface area contributed by atoms with Gasteiger partial charge in [0.25, 0.3) is 0 Å². The van der Waals surface area contributed by atoms with Crippen molar-refractivity contribution in [2.45, 2.75) is 6.92 Å². The Morgan fingerprint density at radius 1 is 1.07 bits per heavy atom. The molecule has 0 atom stereocenters. The van der Waals surface area contributed by atoms with E-state index in [9.17, 15) is 0 Å². The van der Waals surface area contributed by atoms with Gasteiger partial charge in [0, 0.05) is 14.1 Å². The highest BCUT2D eigenvalue weighted by Gasteiger charge is 1.92. The first-order chi connectivity index (χ1) is 6.61. The Balaban J connectivity index is 4.79. The van der Waals surface area contributed by atoms with Crippen molar-refractivity contribution in [2.24, 2.45) is 0 Å². The molecule has 76 valence electrons. The summed E-state index contributed by atoms with van der Waals surface area (Å²) in [5.74, 6) is 0. The first-order valence-corrected chi connectivity index (χ1v) is 4.59. The minimum Gasteiger partial charge on any atom is -0.383 e. The maximum atomic E-state index is 3.69. The molecular weight excluding hydrogens is 170 g/mol. The van der Waals surface area contributed by atoms with Gasteiger partial charge in [-0.3, -0.25) is 0 Å². The Labute approximate surface area is 87.4 Å². The van der Waals surface area contributed by atoms with Crippen LogP contribution in [-0.4, -0.2) is 19.0 Å². The van der Waals surface area contributed by atoms with Gasteiger partial charge in [-0.05, 0) is 30.3 Å². The molecule has 0 amide bonds. The Morgan fingerprint density at radius 3 is 2.07 bits per heavy atom. The number of rotatable bonds is 5. The van der Waals surface area contributed by atoms with Gasteiger partial charge in [-0.15, -0.1) is 0 Å². The predicted molar refractivity (Wildman–Crippen MR) is 65.1 cm³/mol. The van der Waals surface area contributed by atoms with Crippen molar-refractivity contribution in [3.63, 3.8) is 0 Å². The molecule has 0 aromatic carbocycles. The molecule has 0 heterocycles. The zero-order chi connectivity index (χ0) is 11.0. The molecule has 0 saturated carbocycles. The van der Waals surface area contributed by atoms with Crippen molar-refractivity contribution in [1.29, 1.82) is 0 Å². The van der Waals surface area contributed by atoms with Crippen molar-refractivity contribution in [3.05, 3.63) is 60.9 Å². The molecule has 0 fully saturated rings. The molecular formula is C13H19N. The van der Waals surface area contributed by atoms with E-state index < -0.39 is 0 Å². The molecule has 14 heavy (non-hydrogen) atoms. The van der Waals surface area contributed by atoms with Crippen molar-refractivity contribution >= 4 is 0 Å². The number of hydrogen-bond acceptors (Lipinski definition) is 1. The molecule has 0 radical (unpaired) electrons. The van der Waals surface area contributed by atoms with Crippen molar-refractivity contribution < 1.29 is 0 Å². The third-order valence-electron chi connectivity index (χ3n) is 1.67. The molecule has 0 aromatic rings. The lowest BCUT2D eigenvalue weighted by atomic mass is 10.1. The minimum absolute atomic E-state index is 1.15. The maximum absolute atomic E-state index is 3.69. The first-order valence-electron chi connectivity index (χ1n) is 4.59. The van der Waals surface area contributed by atoms with Crippen LogP contribution in [0.25, 0.3) is 0 Å². The van der Waals surface area contributed by atoms with Crippen molar-refractivity contribution in [1.82, 2.24) is 4.90 Å². The van der Waals surface area contributed by atoms with E-state index >= 15 is 0 Å². The molecule has 0 N–H and O–H groups in total. The summed E-state index contributed by atoms with van der Waals surface area (Å²) in [6, 6.07) is 0. The number of nitrogens with zero attached hydrogens (tertiary/aromatic N) is 1. The van der Waals surface area contributed by atoms with Gasteiger partial charge in [0.1, 0.15) is 0 Å². The van der Waals surface area contributed by atoms with E-state index in [0.29, 0.717) is 0 Å². The van der Waals surface area contributed by atoms with E-state index in [2.05, 4.69) is 26.2 Å². The standard InChI is InChI=1S/C13H19N/c1-6-8-12(3)13(9-7-2)10-11-14(4)5/h6-11H,1-2H2,3-5H3/b11-10-,12-8-,13-9-. The quantitative estimate of drug-likeness (QED) is 0.600. The lowest BCUT2D eigenvalue weighted by Crippen LogP contribution is -2.00. The maximum Gasteiger partial charge on any atom is 0.00556 e. The van der Waals surface area contributed by atoms with Gasteiger partial charge in [0.15, 0.2) is 0 Å². The monoisotopic (exact) mass is 189 g/mol. The fourth-order valence-electron chi connectivity index (χ4n) is 0.948. The van der Waals surface area contributed by atoms with E-state index in [4.69, 9.17) is 0 Å². The van der Waals surface area contributed by atoms with Crippen LogP contribution >= 0.6 is 0 Å². The van der Waals surface area contributed by atoms with Gasteiger partial charge in [0.2, 0.25) is 0 Å². The summed E-state index contributed by atoms with van der Waals surface area (Å²) in [4.78, 5) is 2.00. The van der Waals surface area contributed by atoms with Crippen LogP contribution in [0.4, 0.5) is 0 Å². The molecule has 1 nitrogen and oxygen atoms in total. The number of allylic oxidation sites excluding steroid dienone is 7. The summed E-state index contributed by atoms with van der Waals surface area (Å²) >= 11 is 0. The zero-order valence-electron chi connectivity index (χ0n) is 9.33. The van der Waals surface area contributed by atoms with E-state index in [1.807, 2.05) is 37.3 Å². The summed E-state index contributed by atoms with van der Waals surface area (Å²) in [5.41, 5.74) is 2.33. The van der Waals surface area contributed by atoms with Crippen LogP contribution < -0.4 is 0 Å². The molecule has 0 unspecified atom stereocenters. The predicted octanol–water partition coefficient (Wildman–Crippen LogP) is 3.31. The minimum atomic E-state index is 1.15. The molecule has 0 aliphatic carbocycles. The fourth-order valence-corrected chi connectivity index (χ4v) is 0.948. The number of hydrogen-bond donors (Lipinski definition) is 0. The van der Waals surface area contributed by atoms with E-state index in [1.54, 1.807) is 12.2 Å².